The van der Waals surface area contributed by atoms with Crippen molar-refractivity contribution >= 4 is 15.9 Å². The van der Waals surface area contributed by atoms with Gasteiger partial charge < -0.3 is 10.2 Å². The Morgan fingerprint density at radius 3 is 2.44 bits per heavy atom. The van der Waals surface area contributed by atoms with Crippen molar-refractivity contribution in [2.75, 3.05) is 32.7 Å². The highest BCUT2D eigenvalue weighted by Gasteiger charge is 2.40. The molecule has 2 saturated heterocycles. The molecular formula is C20H31N3O3S. The number of amides is 1. The van der Waals surface area contributed by atoms with Gasteiger partial charge >= 0.3 is 0 Å². The van der Waals surface area contributed by atoms with Crippen molar-refractivity contribution in [3.05, 3.63) is 30.3 Å². The van der Waals surface area contributed by atoms with Crippen LogP contribution in [0.1, 0.15) is 39.0 Å². The molecule has 1 unspecified atom stereocenters. The van der Waals surface area contributed by atoms with Gasteiger partial charge in [-0.25, -0.2) is 8.42 Å². The molecule has 1 N–H and O–H groups in total. The fraction of sp³-hybridized carbons (Fsp3) is 0.650. The maximum atomic E-state index is 13.2. The average molecular weight is 394 g/mol. The maximum Gasteiger partial charge on any atom is 0.243 e. The molecule has 1 atom stereocenters. The normalized spacial score (nSPS) is 22.7. The lowest BCUT2D eigenvalue weighted by Crippen LogP contribution is -2.54. The van der Waals surface area contributed by atoms with Gasteiger partial charge in [-0.1, -0.05) is 31.5 Å². The van der Waals surface area contributed by atoms with Gasteiger partial charge in [-0.3, -0.25) is 4.79 Å². The van der Waals surface area contributed by atoms with Crippen molar-refractivity contribution in [1.82, 2.24) is 14.5 Å². The van der Waals surface area contributed by atoms with E-state index in [9.17, 15) is 13.2 Å². The summed E-state index contributed by atoms with van der Waals surface area (Å²) in [6, 6.07) is 7.91. The van der Waals surface area contributed by atoms with Gasteiger partial charge in [0.05, 0.1) is 4.90 Å². The number of likely N-dealkylation sites (tertiary alicyclic amines) is 1. The molecule has 0 radical (unpaired) electrons. The molecule has 0 spiro atoms. The van der Waals surface area contributed by atoms with Crippen molar-refractivity contribution in [1.29, 1.82) is 0 Å². The van der Waals surface area contributed by atoms with Gasteiger partial charge in [-0.05, 0) is 56.8 Å². The third-order valence-electron chi connectivity index (χ3n) is 5.70. The lowest BCUT2D eigenvalue weighted by molar-refractivity contribution is -0.137. The van der Waals surface area contributed by atoms with Gasteiger partial charge in [0, 0.05) is 19.6 Å². The van der Waals surface area contributed by atoms with Crippen LogP contribution in [0.4, 0.5) is 0 Å². The Kier molecular flexibility index (Phi) is 6.89. The number of carbonyl (C=O) groups excluding carboxylic acids is 1. The molecule has 0 bridgehead atoms. The molecule has 0 saturated carbocycles. The topological polar surface area (TPSA) is 69.7 Å². The van der Waals surface area contributed by atoms with Crippen LogP contribution in [-0.2, 0) is 14.8 Å². The van der Waals surface area contributed by atoms with E-state index in [4.69, 9.17) is 0 Å². The Balaban J connectivity index is 1.70. The van der Waals surface area contributed by atoms with Crippen molar-refractivity contribution < 1.29 is 13.2 Å². The van der Waals surface area contributed by atoms with Crippen molar-refractivity contribution in [2.24, 2.45) is 5.92 Å². The third kappa shape index (κ3) is 4.70. The maximum absolute atomic E-state index is 13.2. The second-order valence-electron chi connectivity index (χ2n) is 7.52. The molecule has 0 aromatic heterocycles. The molecule has 2 aliphatic rings. The quantitative estimate of drug-likeness (QED) is 0.803. The largest absolute Gasteiger partial charge is 0.341 e. The molecule has 1 amide bonds. The summed E-state index contributed by atoms with van der Waals surface area (Å²) in [5.74, 6) is 0.584. The first kappa shape index (κ1) is 20.3. The lowest BCUT2D eigenvalue weighted by Gasteiger charge is -2.39. The van der Waals surface area contributed by atoms with Gasteiger partial charge in [-0.2, -0.15) is 4.31 Å². The zero-order valence-corrected chi connectivity index (χ0v) is 17.0. The number of benzene rings is 1. The van der Waals surface area contributed by atoms with Gasteiger partial charge in [0.25, 0.3) is 0 Å². The second kappa shape index (κ2) is 9.17. The van der Waals surface area contributed by atoms with E-state index in [1.165, 1.54) is 4.31 Å². The standard InChI is InChI=1S/C20H31N3O3S/c1-2-21-16-17-11-14-22(15-12-17)20(24)19-10-6-7-13-23(19)27(25,26)18-8-4-3-5-9-18/h3-5,8-9,17,19,21H,2,6-7,10-16H2,1H3. The minimum absolute atomic E-state index is 0.0175. The minimum Gasteiger partial charge on any atom is -0.341 e. The number of hydrogen-bond donors (Lipinski definition) is 1. The molecule has 6 nitrogen and oxygen atoms in total. The van der Waals surface area contributed by atoms with Crippen LogP contribution >= 0.6 is 0 Å². The van der Waals surface area contributed by atoms with Crippen LogP contribution in [0.3, 0.4) is 0 Å². The summed E-state index contributed by atoms with van der Waals surface area (Å²) in [5, 5.41) is 3.38. The number of rotatable bonds is 6. The smallest absolute Gasteiger partial charge is 0.243 e. The highest BCUT2D eigenvalue weighted by atomic mass is 32.2. The minimum atomic E-state index is -3.64. The molecule has 1 aromatic carbocycles. The van der Waals surface area contributed by atoms with Crippen LogP contribution in [0.5, 0.6) is 0 Å². The van der Waals surface area contributed by atoms with E-state index in [0.717, 1.165) is 51.9 Å². The lowest BCUT2D eigenvalue weighted by atomic mass is 9.95. The van der Waals surface area contributed by atoms with Gasteiger partial charge in [-0.15, -0.1) is 0 Å². The average Bonchev–Trinajstić information content (AvgIpc) is 2.72. The van der Waals surface area contributed by atoms with E-state index in [1.54, 1.807) is 30.3 Å². The number of nitrogens with one attached hydrogen (secondary N) is 1. The van der Waals surface area contributed by atoms with Gasteiger partial charge in [0.2, 0.25) is 15.9 Å². The molecule has 2 aliphatic heterocycles. The molecule has 150 valence electrons. The molecule has 2 heterocycles. The Hall–Kier alpha value is -1.44. The predicted molar refractivity (Wildman–Crippen MR) is 106 cm³/mol. The molecular weight excluding hydrogens is 362 g/mol. The fourth-order valence-electron chi connectivity index (χ4n) is 4.08. The van der Waals surface area contributed by atoms with Crippen LogP contribution in [0.2, 0.25) is 0 Å². The number of piperidine rings is 2. The SMILES string of the molecule is CCNCC1CCN(C(=O)C2CCCCN2S(=O)(=O)c2ccccc2)CC1. The Morgan fingerprint density at radius 2 is 1.78 bits per heavy atom. The molecule has 0 aliphatic carbocycles. The third-order valence-corrected chi connectivity index (χ3v) is 7.62. The zero-order valence-electron chi connectivity index (χ0n) is 16.1. The summed E-state index contributed by atoms with van der Waals surface area (Å²) in [5.41, 5.74) is 0. The molecule has 2 fully saturated rings. The summed E-state index contributed by atoms with van der Waals surface area (Å²) in [6.07, 6.45) is 4.28. The first-order chi connectivity index (χ1) is 13.0. The highest BCUT2D eigenvalue weighted by Crippen LogP contribution is 2.28. The summed E-state index contributed by atoms with van der Waals surface area (Å²) < 4.78 is 27.6. The predicted octanol–water partition coefficient (Wildman–Crippen LogP) is 2.08. The Bertz CT molecular complexity index is 715. The summed E-state index contributed by atoms with van der Waals surface area (Å²) in [7, 11) is -3.64. The second-order valence-corrected chi connectivity index (χ2v) is 9.41. The van der Waals surface area contributed by atoms with Gasteiger partial charge in [0.15, 0.2) is 0 Å². The van der Waals surface area contributed by atoms with Crippen LogP contribution in [0.25, 0.3) is 0 Å². The van der Waals surface area contributed by atoms with E-state index >= 15 is 0 Å². The molecule has 27 heavy (non-hydrogen) atoms. The molecule has 1 aromatic rings. The first-order valence-corrected chi connectivity index (χ1v) is 11.5. The van der Waals surface area contributed by atoms with E-state index < -0.39 is 16.1 Å². The summed E-state index contributed by atoms with van der Waals surface area (Å²) >= 11 is 0. The van der Waals surface area contributed by atoms with Crippen molar-refractivity contribution in [2.45, 2.75) is 50.0 Å². The van der Waals surface area contributed by atoms with Crippen LogP contribution in [0.15, 0.2) is 35.2 Å². The fourth-order valence-corrected chi connectivity index (χ4v) is 5.76. The molecule has 3 rings (SSSR count). The summed E-state index contributed by atoms with van der Waals surface area (Å²) in [6.45, 7) is 5.94. The van der Waals surface area contributed by atoms with Crippen molar-refractivity contribution in [3.63, 3.8) is 0 Å². The monoisotopic (exact) mass is 393 g/mol. The summed E-state index contributed by atoms with van der Waals surface area (Å²) in [4.78, 5) is 15.3. The highest BCUT2D eigenvalue weighted by molar-refractivity contribution is 7.89. The number of sulfonamides is 1. The Morgan fingerprint density at radius 1 is 1.07 bits per heavy atom. The van der Waals surface area contributed by atoms with E-state index in [0.29, 0.717) is 18.9 Å². The number of hydrogen-bond acceptors (Lipinski definition) is 4. The number of nitrogens with zero attached hydrogens (tertiary/aromatic N) is 2. The van der Waals surface area contributed by atoms with Crippen LogP contribution < -0.4 is 5.32 Å². The van der Waals surface area contributed by atoms with Crippen LogP contribution in [0, 0.1) is 5.92 Å². The zero-order chi connectivity index (χ0) is 19.3. The number of carbonyl (C=O) groups is 1. The molecule has 7 heteroatoms. The van der Waals surface area contributed by atoms with E-state index in [-0.39, 0.29) is 10.8 Å². The Labute approximate surface area is 163 Å². The van der Waals surface area contributed by atoms with E-state index in [1.807, 2.05) is 4.90 Å². The van der Waals surface area contributed by atoms with Crippen LogP contribution in [-0.4, -0.2) is 62.3 Å². The van der Waals surface area contributed by atoms with Gasteiger partial charge in [0.1, 0.15) is 6.04 Å². The van der Waals surface area contributed by atoms with Crippen molar-refractivity contribution in [3.8, 4) is 0 Å². The van der Waals surface area contributed by atoms with E-state index in [2.05, 4.69) is 12.2 Å². The first-order valence-electron chi connectivity index (χ1n) is 10.1.